The number of hydrogen-bond acceptors (Lipinski definition) is 4. The second-order valence-electron chi connectivity index (χ2n) is 4.05. The van der Waals surface area contributed by atoms with Crippen molar-refractivity contribution in [1.29, 1.82) is 0 Å². The second kappa shape index (κ2) is 7.08. The number of methoxy groups -OCH3 is 1. The Morgan fingerprint density at radius 3 is 2.55 bits per heavy atom. The van der Waals surface area contributed by atoms with Gasteiger partial charge in [0.15, 0.2) is 0 Å². The minimum absolute atomic E-state index is 0.287. The van der Waals surface area contributed by atoms with Gasteiger partial charge in [-0.3, -0.25) is 5.32 Å². The summed E-state index contributed by atoms with van der Waals surface area (Å²) in [5.74, 6) is 1.11. The van der Waals surface area contributed by atoms with E-state index in [1.165, 1.54) is 0 Å². The molecule has 0 unspecified atom stereocenters. The smallest absolute Gasteiger partial charge is 0.321 e. The molecule has 2 aromatic rings. The zero-order valence-electron chi connectivity index (χ0n) is 11.2. The number of nitrogens with zero attached hydrogens (tertiary/aromatic N) is 2. The highest BCUT2D eigenvalue weighted by atomic mass is 16.5. The standard InChI is InChI=1S/C14H16N4O2/c1-20-12-5-3-11(4-6-12)7-10-17-14(19)18-13-15-8-2-9-16-13/h2-6,8-9H,7,10H2,1H3,(H2,15,16,17,18,19). The summed E-state index contributed by atoms with van der Waals surface area (Å²) in [6.45, 7) is 0.533. The van der Waals surface area contributed by atoms with Crippen LogP contribution in [0, 0.1) is 0 Å². The lowest BCUT2D eigenvalue weighted by Crippen LogP contribution is -2.31. The van der Waals surface area contributed by atoms with Crippen LogP contribution in [0.4, 0.5) is 10.7 Å². The Kier molecular flexibility index (Phi) is 4.88. The maximum Gasteiger partial charge on any atom is 0.321 e. The van der Waals surface area contributed by atoms with Gasteiger partial charge in [-0.15, -0.1) is 0 Å². The fourth-order valence-electron chi connectivity index (χ4n) is 1.62. The van der Waals surface area contributed by atoms with Crippen molar-refractivity contribution in [2.45, 2.75) is 6.42 Å². The van der Waals surface area contributed by atoms with Crippen molar-refractivity contribution >= 4 is 12.0 Å². The first kappa shape index (κ1) is 13.8. The Bertz CT molecular complexity index is 543. The molecule has 0 fully saturated rings. The van der Waals surface area contributed by atoms with Gasteiger partial charge in [0.2, 0.25) is 5.95 Å². The molecule has 0 aliphatic carbocycles. The van der Waals surface area contributed by atoms with E-state index in [4.69, 9.17) is 4.74 Å². The average molecular weight is 272 g/mol. The molecule has 0 bridgehead atoms. The van der Waals surface area contributed by atoms with E-state index in [-0.39, 0.29) is 12.0 Å². The van der Waals surface area contributed by atoms with Crippen LogP contribution in [0.25, 0.3) is 0 Å². The highest BCUT2D eigenvalue weighted by Gasteiger charge is 2.02. The Morgan fingerprint density at radius 1 is 1.20 bits per heavy atom. The number of rotatable bonds is 5. The summed E-state index contributed by atoms with van der Waals surface area (Å²) in [5.41, 5.74) is 1.13. The minimum atomic E-state index is -0.315. The largest absolute Gasteiger partial charge is 0.497 e. The van der Waals surface area contributed by atoms with Crippen LogP contribution in [0.5, 0.6) is 5.75 Å². The molecular formula is C14H16N4O2. The van der Waals surface area contributed by atoms with Gasteiger partial charge in [-0.2, -0.15) is 0 Å². The molecule has 2 N–H and O–H groups in total. The van der Waals surface area contributed by atoms with Crippen molar-refractivity contribution in [3.8, 4) is 5.75 Å². The fourth-order valence-corrected chi connectivity index (χ4v) is 1.62. The maximum atomic E-state index is 11.6. The SMILES string of the molecule is COc1ccc(CCNC(=O)Nc2ncccn2)cc1. The summed E-state index contributed by atoms with van der Waals surface area (Å²) in [6.07, 6.45) is 3.88. The molecule has 0 radical (unpaired) electrons. The lowest BCUT2D eigenvalue weighted by atomic mass is 10.1. The summed E-state index contributed by atoms with van der Waals surface area (Å²) >= 11 is 0. The Morgan fingerprint density at radius 2 is 1.90 bits per heavy atom. The number of anilines is 1. The van der Waals surface area contributed by atoms with Crippen LogP contribution in [0.3, 0.4) is 0 Å². The van der Waals surface area contributed by atoms with Gasteiger partial charge in [-0.1, -0.05) is 12.1 Å². The molecule has 2 rings (SSSR count). The fraction of sp³-hybridized carbons (Fsp3) is 0.214. The predicted octanol–water partition coefficient (Wildman–Crippen LogP) is 1.85. The highest BCUT2D eigenvalue weighted by Crippen LogP contribution is 2.11. The summed E-state index contributed by atoms with van der Waals surface area (Å²) < 4.78 is 5.08. The molecule has 1 heterocycles. The predicted molar refractivity (Wildman–Crippen MR) is 75.8 cm³/mol. The number of carbonyl (C=O) groups is 1. The normalized spacial score (nSPS) is 9.85. The van der Waals surface area contributed by atoms with Crippen LogP contribution < -0.4 is 15.4 Å². The molecule has 1 aromatic heterocycles. The molecule has 0 saturated heterocycles. The molecule has 20 heavy (non-hydrogen) atoms. The van der Waals surface area contributed by atoms with Crippen molar-refractivity contribution in [2.75, 3.05) is 19.0 Å². The second-order valence-corrected chi connectivity index (χ2v) is 4.05. The molecule has 6 nitrogen and oxygen atoms in total. The molecule has 104 valence electrons. The van der Waals surface area contributed by atoms with Gasteiger partial charge in [0.25, 0.3) is 0 Å². The Balaban J connectivity index is 1.73. The van der Waals surface area contributed by atoms with Crippen LogP contribution in [0.1, 0.15) is 5.56 Å². The van der Waals surface area contributed by atoms with E-state index in [0.29, 0.717) is 6.54 Å². The monoisotopic (exact) mass is 272 g/mol. The lowest BCUT2D eigenvalue weighted by Gasteiger charge is -2.06. The summed E-state index contributed by atoms with van der Waals surface area (Å²) in [7, 11) is 1.63. The van der Waals surface area contributed by atoms with E-state index in [0.717, 1.165) is 17.7 Å². The molecule has 0 spiro atoms. The van der Waals surface area contributed by atoms with Gasteiger partial charge in [-0.25, -0.2) is 14.8 Å². The first-order chi connectivity index (χ1) is 9.78. The number of nitrogens with one attached hydrogen (secondary N) is 2. The molecule has 0 atom stereocenters. The van der Waals surface area contributed by atoms with Crippen LogP contribution in [0.2, 0.25) is 0 Å². The van der Waals surface area contributed by atoms with Crippen molar-refractivity contribution in [3.05, 3.63) is 48.3 Å². The first-order valence-electron chi connectivity index (χ1n) is 6.23. The van der Waals surface area contributed by atoms with E-state index in [9.17, 15) is 4.79 Å². The Labute approximate surface area is 117 Å². The number of aromatic nitrogens is 2. The third kappa shape index (κ3) is 4.24. The number of ether oxygens (including phenoxy) is 1. The number of amides is 2. The molecule has 1 aromatic carbocycles. The van der Waals surface area contributed by atoms with Crippen LogP contribution in [-0.4, -0.2) is 29.7 Å². The number of carbonyl (C=O) groups excluding carboxylic acids is 1. The number of urea groups is 1. The van der Waals surface area contributed by atoms with Crippen molar-refractivity contribution in [3.63, 3.8) is 0 Å². The number of benzene rings is 1. The zero-order valence-corrected chi connectivity index (χ0v) is 11.2. The van der Waals surface area contributed by atoms with Gasteiger partial charge in [0, 0.05) is 18.9 Å². The van der Waals surface area contributed by atoms with E-state index < -0.39 is 0 Å². The molecule has 0 saturated carbocycles. The Hall–Kier alpha value is -2.63. The minimum Gasteiger partial charge on any atom is -0.497 e. The average Bonchev–Trinajstić information content (AvgIpc) is 2.49. The lowest BCUT2D eigenvalue weighted by molar-refractivity contribution is 0.252. The molecule has 6 heteroatoms. The third-order valence-electron chi connectivity index (χ3n) is 2.65. The van der Waals surface area contributed by atoms with E-state index in [2.05, 4.69) is 20.6 Å². The summed E-state index contributed by atoms with van der Waals surface area (Å²) in [6, 6.07) is 9.11. The summed E-state index contributed by atoms with van der Waals surface area (Å²) in [5, 5.41) is 5.30. The molecule has 0 aliphatic heterocycles. The van der Waals surface area contributed by atoms with E-state index in [1.54, 1.807) is 25.6 Å². The quantitative estimate of drug-likeness (QED) is 0.871. The van der Waals surface area contributed by atoms with Crippen molar-refractivity contribution < 1.29 is 9.53 Å². The topological polar surface area (TPSA) is 76.1 Å². The van der Waals surface area contributed by atoms with Gasteiger partial charge < -0.3 is 10.1 Å². The zero-order chi connectivity index (χ0) is 14.2. The van der Waals surface area contributed by atoms with Crippen LogP contribution in [0.15, 0.2) is 42.7 Å². The molecule has 2 amide bonds. The third-order valence-corrected chi connectivity index (χ3v) is 2.65. The van der Waals surface area contributed by atoms with Gasteiger partial charge in [0.1, 0.15) is 5.75 Å². The van der Waals surface area contributed by atoms with Crippen LogP contribution >= 0.6 is 0 Å². The highest BCUT2D eigenvalue weighted by molar-refractivity contribution is 5.87. The maximum absolute atomic E-state index is 11.6. The van der Waals surface area contributed by atoms with Gasteiger partial charge in [0.05, 0.1) is 7.11 Å². The van der Waals surface area contributed by atoms with E-state index in [1.807, 2.05) is 24.3 Å². The van der Waals surface area contributed by atoms with E-state index >= 15 is 0 Å². The van der Waals surface area contributed by atoms with Gasteiger partial charge >= 0.3 is 6.03 Å². The van der Waals surface area contributed by atoms with Crippen molar-refractivity contribution in [2.24, 2.45) is 0 Å². The first-order valence-corrected chi connectivity index (χ1v) is 6.23. The van der Waals surface area contributed by atoms with Gasteiger partial charge in [-0.05, 0) is 30.2 Å². The summed E-state index contributed by atoms with van der Waals surface area (Å²) in [4.78, 5) is 19.4. The molecule has 0 aliphatic rings. The number of hydrogen-bond donors (Lipinski definition) is 2. The molecular weight excluding hydrogens is 256 g/mol. The van der Waals surface area contributed by atoms with Crippen molar-refractivity contribution in [1.82, 2.24) is 15.3 Å². The van der Waals surface area contributed by atoms with Crippen LogP contribution in [-0.2, 0) is 6.42 Å².